The van der Waals surface area contributed by atoms with Gasteiger partial charge < -0.3 is 14.8 Å². The van der Waals surface area contributed by atoms with Crippen LogP contribution in [0.15, 0.2) is 53.3 Å². The molecule has 0 radical (unpaired) electrons. The molecule has 8 nitrogen and oxygen atoms in total. The number of alkyl halides is 5. The Morgan fingerprint density at radius 3 is 2.49 bits per heavy atom. The predicted octanol–water partition coefficient (Wildman–Crippen LogP) is 4.59. The van der Waals surface area contributed by atoms with Crippen molar-refractivity contribution in [3.8, 4) is 22.6 Å². The molecule has 3 heterocycles. The smallest absolute Gasteiger partial charge is 0.395 e. The monoisotopic (exact) mass is 492 g/mol. The summed E-state index contributed by atoms with van der Waals surface area (Å²) in [5, 5.41) is 4.26. The maximum Gasteiger partial charge on any atom is 0.586 e. The number of carbonyl (C=O) groups excluding carboxylic acids is 1. The van der Waals surface area contributed by atoms with Crippen molar-refractivity contribution in [3.63, 3.8) is 0 Å². The number of rotatable bonds is 3. The molecule has 4 aromatic rings. The van der Waals surface area contributed by atoms with Crippen LogP contribution in [0.25, 0.3) is 16.8 Å². The summed E-state index contributed by atoms with van der Waals surface area (Å²) in [7, 11) is 0. The molecular formula is C22H13F5N4O4. The van der Waals surface area contributed by atoms with Crippen LogP contribution < -0.4 is 20.3 Å². The van der Waals surface area contributed by atoms with Crippen LogP contribution in [-0.2, 0) is 6.18 Å². The number of nitrogens with zero attached hydrogens (tertiary/aromatic N) is 2. The lowest BCUT2D eigenvalue weighted by atomic mass is 10.1. The van der Waals surface area contributed by atoms with Gasteiger partial charge in [-0.2, -0.15) is 17.7 Å². The van der Waals surface area contributed by atoms with Crippen LogP contribution in [0.5, 0.6) is 11.5 Å². The highest BCUT2D eigenvalue weighted by atomic mass is 19.4. The van der Waals surface area contributed by atoms with Crippen molar-refractivity contribution in [1.82, 2.24) is 14.6 Å². The second-order valence-electron chi connectivity index (χ2n) is 7.52. The molecule has 2 aromatic heterocycles. The van der Waals surface area contributed by atoms with E-state index in [2.05, 4.69) is 19.8 Å². The Bertz CT molecular complexity index is 1540. The molecule has 2 aromatic carbocycles. The fourth-order valence-electron chi connectivity index (χ4n) is 3.78. The number of halogens is 5. The molecule has 0 bridgehead atoms. The SMILES string of the molecule is Cc1nc2c(-c3ccccc3)c(C(F)(F)F)[nH]n2c(=O)c1C(=O)Nc1cccc2c1OC(F)(F)O2. The van der Waals surface area contributed by atoms with E-state index in [0.717, 1.165) is 0 Å². The third-order valence-corrected chi connectivity index (χ3v) is 5.21. The number of nitrogens with one attached hydrogen (secondary N) is 2. The molecule has 1 aliphatic heterocycles. The van der Waals surface area contributed by atoms with E-state index < -0.39 is 40.9 Å². The minimum atomic E-state index is -4.87. The van der Waals surface area contributed by atoms with Crippen LogP contribution in [-0.4, -0.2) is 26.8 Å². The Balaban J connectivity index is 1.63. The first-order valence-electron chi connectivity index (χ1n) is 9.94. The highest BCUT2D eigenvalue weighted by molar-refractivity contribution is 6.06. The van der Waals surface area contributed by atoms with Gasteiger partial charge in [0.15, 0.2) is 17.1 Å². The van der Waals surface area contributed by atoms with Crippen molar-refractivity contribution in [2.24, 2.45) is 0 Å². The summed E-state index contributed by atoms with van der Waals surface area (Å²) in [4.78, 5) is 30.2. The van der Waals surface area contributed by atoms with Gasteiger partial charge in [0.25, 0.3) is 11.5 Å². The number of anilines is 1. The average molecular weight is 492 g/mol. The van der Waals surface area contributed by atoms with Crippen molar-refractivity contribution < 1.29 is 36.2 Å². The van der Waals surface area contributed by atoms with Crippen molar-refractivity contribution >= 4 is 17.2 Å². The van der Waals surface area contributed by atoms with E-state index in [1.54, 1.807) is 6.07 Å². The van der Waals surface area contributed by atoms with Gasteiger partial charge in [0.2, 0.25) is 0 Å². The predicted molar refractivity (Wildman–Crippen MR) is 112 cm³/mol. The Hall–Kier alpha value is -4.42. The van der Waals surface area contributed by atoms with Gasteiger partial charge in [-0.05, 0) is 24.6 Å². The molecule has 13 heteroatoms. The number of fused-ring (bicyclic) bond motifs is 2. The quantitative estimate of drug-likeness (QED) is 0.408. The third-order valence-electron chi connectivity index (χ3n) is 5.21. The van der Waals surface area contributed by atoms with E-state index in [1.807, 2.05) is 5.10 Å². The minimum absolute atomic E-state index is 0.153. The standard InChI is InChI=1S/C22H13F5N4O4/c1-10-14(19(32)29-12-8-5-9-13-16(12)35-22(26,27)34-13)20(33)31-18(28-10)15(11-6-3-2-4-7-11)17(30-31)21(23,24)25/h2-9,30H,1H3,(H,29,32). The number of amides is 1. The summed E-state index contributed by atoms with van der Waals surface area (Å²) in [5.74, 6) is -1.91. The van der Waals surface area contributed by atoms with Crippen LogP contribution in [0, 0.1) is 6.92 Å². The van der Waals surface area contributed by atoms with Crippen LogP contribution in [0.1, 0.15) is 21.7 Å². The van der Waals surface area contributed by atoms with E-state index in [4.69, 9.17) is 0 Å². The molecule has 0 spiro atoms. The summed E-state index contributed by atoms with van der Waals surface area (Å²) in [6, 6.07) is 11.2. The normalized spacial score (nSPS) is 14.3. The number of hydrogen-bond acceptors (Lipinski definition) is 5. The second-order valence-corrected chi connectivity index (χ2v) is 7.52. The highest BCUT2D eigenvalue weighted by Gasteiger charge is 2.45. The van der Waals surface area contributed by atoms with Gasteiger partial charge in [-0.15, -0.1) is 8.78 Å². The number of benzene rings is 2. The number of para-hydroxylation sites is 1. The molecule has 0 unspecified atom stereocenters. The van der Waals surface area contributed by atoms with Gasteiger partial charge in [0.05, 0.1) is 16.9 Å². The maximum atomic E-state index is 13.8. The Morgan fingerprint density at radius 1 is 1.09 bits per heavy atom. The molecule has 1 aliphatic rings. The first-order chi connectivity index (χ1) is 16.5. The summed E-state index contributed by atoms with van der Waals surface area (Å²) >= 11 is 0. The largest absolute Gasteiger partial charge is 0.586 e. The van der Waals surface area contributed by atoms with Crippen LogP contribution in [0.4, 0.5) is 27.6 Å². The van der Waals surface area contributed by atoms with E-state index in [9.17, 15) is 31.5 Å². The van der Waals surface area contributed by atoms with Gasteiger partial charge in [0.1, 0.15) is 11.3 Å². The Morgan fingerprint density at radius 2 is 1.80 bits per heavy atom. The first kappa shape index (κ1) is 22.4. The number of aryl methyl sites for hydroxylation is 1. The highest BCUT2D eigenvalue weighted by Crippen LogP contribution is 2.45. The fraction of sp³-hybridized carbons (Fsp3) is 0.136. The van der Waals surface area contributed by atoms with Gasteiger partial charge in [-0.3, -0.25) is 14.7 Å². The van der Waals surface area contributed by atoms with Crippen molar-refractivity contribution in [3.05, 3.63) is 75.8 Å². The van der Waals surface area contributed by atoms with E-state index in [-0.39, 0.29) is 33.9 Å². The summed E-state index contributed by atoms with van der Waals surface area (Å²) in [6.07, 6.45) is -8.82. The molecule has 35 heavy (non-hydrogen) atoms. The average Bonchev–Trinajstić information content (AvgIpc) is 3.31. The molecule has 180 valence electrons. The summed E-state index contributed by atoms with van der Waals surface area (Å²) in [6.45, 7) is 1.27. The van der Waals surface area contributed by atoms with Crippen LogP contribution in [0.2, 0.25) is 0 Å². The lowest BCUT2D eigenvalue weighted by Crippen LogP contribution is -2.29. The van der Waals surface area contributed by atoms with Gasteiger partial charge in [0, 0.05) is 0 Å². The second kappa shape index (κ2) is 7.55. The van der Waals surface area contributed by atoms with Crippen LogP contribution in [0.3, 0.4) is 0 Å². The lowest BCUT2D eigenvalue weighted by molar-refractivity contribution is -0.286. The van der Waals surface area contributed by atoms with Gasteiger partial charge >= 0.3 is 12.5 Å². The summed E-state index contributed by atoms with van der Waals surface area (Å²) < 4.78 is 77.5. The zero-order chi connectivity index (χ0) is 25.1. The van der Waals surface area contributed by atoms with E-state index in [1.165, 1.54) is 49.4 Å². The molecule has 0 saturated heterocycles. The number of aromatic nitrogens is 3. The van der Waals surface area contributed by atoms with E-state index in [0.29, 0.717) is 4.52 Å². The molecular weight excluding hydrogens is 479 g/mol. The molecule has 0 atom stereocenters. The molecule has 0 fully saturated rings. The molecule has 2 N–H and O–H groups in total. The molecule has 0 saturated carbocycles. The minimum Gasteiger partial charge on any atom is -0.395 e. The zero-order valence-corrected chi connectivity index (χ0v) is 17.5. The fourth-order valence-corrected chi connectivity index (χ4v) is 3.78. The molecule has 5 rings (SSSR count). The first-order valence-corrected chi connectivity index (χ1v) is 9.94. The number of carbonyl (C=O) groups is 1. The van der Waals surface area contributed by atoms with Crippen LogP contribution >= 0.6 is 0 Å². The zero-order valence-electron chi connectivity index (χ0n) is 17.5. The van der Waals surface area contributed by atoms with E-state index >= 15 is 0 Å². The molecule has 0 aliphatic carbocycles. The topological polar surface area (TPSA) is 97.7 Å². The van der Waals surface area contributed by atoms with Crippen molar-refractivity contribution in [2.45, 2.75) is 19.4 Å². The maximum absolute atomic E-state index is 13.8. The Labute approximate surface area is 191 Å². The number of aromatic amines is 1. The number of H-pyrrole nitrogens is 1. The van der Waals surface area contributed by atoms with Crippen molar-refractivity contribution in [2.75, 3.05) is 5.32 Å². The molecule has 1 amide bonds. The Kier molecular flexibility index (Phi) is 4.83. The van der Waals surface area contributed by atoms with Crippen molar-refractivity contribution in [1.29, 1.82) is 0 Å². The summed E-state index contributed by atoms with van der Waals surface area (Å²) in [5.41, 5.74) is -3.89. The number of hydrogen-bond donors (Lipinski definition) is 2. The lowest BCUT2D eigenvalue weighted by Gasteiger charge is -2.10. The van der Waals surface area contributed by atoms with Gasteiger partial charge in [-0.1, -0.05) is 36.4 Å². The van der Waals surface area contributed by atoms with Gasteiger partial charge in [-0.25, -0.2) is 4.98 Å². The number of ether oxygens (including phenoxy) is 2. The third kappa shape index (κ3) is 3.74.